The third-order valence-corrected chi connectivity index (χ3v) is 6.13. The molecule has 3 aromatic rings. The molecule has 0 spiro atoms. The van der Waals surface area contributed by atoms with Gasteiger partial charge in [0.15, 0.2) is 0 Å². The molecule has 0 unspecified atom stereocenters. The highest BCUT2D eigenvalue weighted by atomic mass is 35.5. The van der Waals surface area contributed by atoms with E-state index in [2.05, 4.69) is 9.97 Å². The number of thioether (sulfide) groups is 1. The van der Waals surface area contributed by atoms with E-state index in [-0.39, 0.29) is 0 Å². The van der Waals surface area contributed by atoms with E-state index in [1.807, 2.05) is 49.4 Å². The second-order valence-electron chi connectivity index (χ2n) is 5.16. The fraction of sp³-hybridized carbons (Fsp3) is 0.111. The van der Waals surface area contributed by atoms with E-state index >= 15 is 0 Å². The van der Waals surface area contributed by atoms with Crippen LogP contribution in [0.2, 0.25) is 15.1 Å². The van der Waals surface area contributed by atoms with Gasteiger partial charge in [-0.3, -0.25) is 0 Å². The van der Waals surface area contributed by atoms with Gasteiger partial charge in [0.2, 0.25) is 0 Å². The van der Waals surface area contributed by atoms with Crippen LogP contribution in [0.5, 0.6) is 0 Å². The highest BCUT2D eigenvalue weighted by Gasteiger charge is 2.08. The number of aryl methyl sites for hydroxylation is 1. The lowest BCUT2D eigenvalue weighted by atomic mass is 10.4. The number of hydrogen-bond donors (Lipinski definition) is 0. The average molecular weight is 428 g/mol. The van der Waals surface area contributed by atoms with E-state index in [0.717, 1.165) is 37.1 Å². The highest BCUT2D eigenvalue weighted by molar-refractivity contribution is 7.99. The van der Waals surface area contributed by atoms with Crippen LogP contribution in [0, 0.1) is 6.92 Å². The topological polar surface area (TPSA) is 25.8 Å². The monoisotopic (exact) mass is 426 g/mol. The molecular weight excluding hydrogens is 415 g/mol. The lowest BCUT2D eigenvalue weighted by Gasteiger charge is -2.07. The zero-order valence-electron chi connectivity index (χ0n) is 13.2. The summed E-state index contributed by atoms with van der Waals surface area (Å²) < 4.78 is 0. The molecule has 0 fully saturated rings. The Morgan fingerprint density at radius 3 is 2.32 bits per heavy atom. The van der Waals surface area contributed by atoms with E-state index in [9.17, 15) is 0 Å². The summed E-state index contributed by atoms with van der Waals surface area (Å²) in [5, 5.41) is 2.84. The van der Waals surface area contributed by atoms with Gasteiger partial charge in [-0.15, -0.1) is 11.8 Å². The fourth-order valence-corrected chi connectivity index (χ4v) is 4.42. The molecule has 0 bridgehead atoms. The Hall–Kier alpha value is -0.910. The molecule has 3 rings (SSSR count). The average Bonchev–Trinajstić information content (AvgIpc) is 2.56. The van der Waals surface area contributed by atoms with Crippen molar-refractivity contribution in [1.29, 1.82) is 0 Å². The first kappa shape index (κ1) is 18.9. The van der Waals surface area contributed by atoms with Crippen LogP contribution in [0.1, 0.15) is 11.5 Å². The zero-order chi connectivity index (χ0) is 17.8. The van der Waals surface area contributed by atoms with Crippen molar-refractivity contribution >= 4 is 58.3 Å². The SMILES string of the molecule is Cc1nc(CSc2ccc(Cl)cc2)cc(Sc2ccc(Cl)cc2Cl)n1. The summed E-state index contributed by atoms with van der Waals surface area (Å²) >= 11 is 21.3. The summed E-state index contributed by atoms with van der Waals surface area (Å²) in [6, 6.07) is 15.2. The minimum Gasteiger partial charge on any atom is -0.237 e. The van der Waals surface area contributed by atoms with Crippen LogP contribution >= 0.6 is 58.3 Å². The van der Waals surface area contributed by atoms with Gasteiger partial charge in [-0.2, -0.15) is 0 Å². The third-order valence-electron chi connectivity index (χ3n) is 3.18. The number of aromatic nitrogens is 2. The summed E-state index contributed by atoms with van der Waals surface area (Å²) in [6.07, 6.45) is 0. The summed E-state index contributed by atoms with van der Waals surface area (Å²) in [4.78, 5) is 11.1. The summed E-state index contributed by atoms with van der Waals surface area (Å²) in [6.45, 7) is 1.89. The molecule has 0 amide bonds. The lowest BCUT2D eigenvalue weighted by molar-refractivity contribution is 0.930. The van der Waals surface area contributed by atoms with E-state index in [1.165, 1.54) is 11.8 Å². The van der Waals surface area contributed by atoms with Gasteiger partial charge in [-0.1, -0.05) is 46.6 Å². The second kappa shape index (κ2) is 8.65. The lowest BCUT2D eigenvalue weighted by Crippen LogP contribution is -1.96. The number of halogens is 3. The number of nitrogens with zero attached hydrogens (tertiary/aromatic N) is 2. The molecule has 0 saturated carbocycles. The van der Waals surface area contributed by atoms with Crippen molar-refractivity contribution in [2.45, 2.75) is 27.5 Å². The molecule has 0 N–H and O–H groups in total. The quantitative estimate of drug-likeness (QED) is 0.318. The largest absolute Gasteiger partial charge is 0.237 e. The summed E-state index contributed by atoms with van der Waals surface area (Å²) in [7, 11) is 0. The maximum absolute atomic E-state index is 6.25. The van der Waals surface area contributed by atoms with Gasteiger partial charge >= 0.3 is 0 Å². The van der Waals surface area contributed by atoms with Crippen LogP contribution in [0.15, 0.2) is 63.3 Å². The van der Waals surface area contributed by atoms with Gasteiger partial charge in [-0.25, -0.2) is 9.97 Å². The van der Waals surface area contributed by atoms with Gasteiger partial charge in [-0.05, 0) is 55.5 Å². The minimum absolute atomic E-state index is 0.617. The molecule has 2 nitrogen and oxygen atoms in total. The van der Waals surface area contributed by atoms with Crippen LogP contribution in [-0.2, 0) is 5.75 Å². The molecule has 2 aromatic carbocycles. The van der Waals surface area contributed by atoms with Crippen molar-refractivity contribution in [3.8, 4) is 0 Å². The van der Waals surface area contributed by atoms with Crippen molar-refractivity contribution < 1.29 is 0 Å². The molecule has 0 aliphatic rings. The van der Waals surface area contributed by atoms with Crippen molar-refractivity contribution in [1.82, 2.24) is 9.97 Å². The van der Waals surface area contributed by atoms with Crippen LogP contribution in [0.3, 0.4) is 0 Å². The van der Waals surface area contributed by atoms with Crippen LogP contribution in [-0.4, -0.2) is 9.97 Å². The second-order valence-corrected chi connectivity index (χ2v) is 8.56. The maximum Gasteiger partial charge on any atom is 0.126 e. The molecule has 25 heavy (non-hydrogen) atoms. The van der Waals surface area contributed by atoms with E-state index in [4.69, 9.17) is 34.8 Å². The van der Waals surface area contributed by atoms with Gasteiger partial charge in [0.05, 0.1) is 10.7 Å². The van der Waals surface area contributed by atoms with Gasteiger partial charge in [0.1, 0.15) is 10.9 Å². The minimum atomic E-state index is 0.617. The van der Waals surface area contributed by atoms with E-state index in [0.29, 0.717) is 10.0 Å². The molecule has 0 aliphatic carbocycles. The first-order valence-electron chi connectivity index (χ1n) is 7.35. The van der Waals surface area contributed by atoms with Crippen molar-refractivity contribution in [2.75, 3.05) is 0 Å². The Kier molecular flexibility index (Phi) is 6.53. The Morgan fingerprint density at radius 2 is 1.60 bits per heavy atom. The predicted molar refractivity (Wildman–Crippen MR) is 108 cm³/mol. The molecule has 0 aliphatic heterocycles. The van der Waals surface area contributed by atoms with Crippen LogP contribution < -0.4 is 0 Å². The molecule has 1 aromatic heterocycles. The Morgan fingerprint density at radius 1 is 0.880 bits per heavy atom. The first-order chi connectivity index (χ1) is 12.0. The van der Waals surface area contributed by atoms with Crippen LogP contribution in [0.4, 0.5) is 0 Å². The van der Waals surface area contributed by atoms with Gasteiger partial charge in [0.25, 0.3) is 0 Å². The number of benzene rings is 2. The van der Waals surface area contributed by atoms with Gasteiger partial charge < -0.3 is 0 Å². The Balaban J connectivity index is 1.74. The normalized spacial score (nSPS) is 10.9. The first-order valence-corrected chi connectivity index (χ1v) is 10.3. The van der Waals surface area contributed by atoms with Crippen LogP contribution in [0.25, 0.3) is 0 Å². The predicted octanol–water partition coefficient (Wildman–Crippen LogP) is 7.19. The standard InChI is InChI=1S/C18H13Cl3N2S2/c1-11-22-14(10-24-15-5-2-12(19)3-6-15)9-18(23-11)25-17-7-4-13(20)8-16(17)21/h2-9H,10H2,1H3. The fourth-order valence-electron chi connectivity index (χ4n) is 2.08. The molecule has 0 saturated heterocycles. The smallest absolute Gasteiger partial charge is 0.126 e. The molecular formula is C18H13Cl3N2S2. The maximum atomic E-state index is 6.25. The Bertz CT molecular complexity index is 886. The highest BCUT2D eigenvalue weighted by Crippen LogP contribution is 2.34. The third kappa shape index (κ3) is 5.53. The van der Waals surface area contributed by atoms with Gasteiger partial charge in [0, 0.05) is 25.6 Å². The van der Waals surface area contributed by atoms with E-state index < -0.39 is 0 Å². The molecule has 0 atom stereocenters. The molecule has 0 radical (unpaired) electrons. The van der Waals surface area contributed by atoms with Crippen molar-refractivity contribution in [2.24, 2.45) is 0 Å². The summed E-state index contributed by atoms with van der Waals surface area (Å²) in [5.74, 6) is 1.49. The zero-order valence-corrected chi connectivity index (χ0v) is 17.1. The van der Waals surface area contributed by atoms with E-state index in [1.54, 1.807) is 17.8 Å². The molecule has 7 heteroatoms. The molecule has 1 heterocycles. The van der Waals surface area contributed by atoms with Crippen molar-refractivity contribution in [3.63, 3.8) is 0 Å². The number of rotatable bonds is 5. The Labute approximate surface area is 170 Å². The van der Waals surface area contributed by atoms with Crippen molar-refractivity contribution in [3.05, 3.63) is 75.1 Å². The number of hydrogen-bond acceptors (Lipinski definition) is 4. The molecule has 128 valence electrons. The summed E-state index contributed by atoms with van der Waals surface area (Å²) in [5.41, 5.74) is 0.972.